The zero-order valence-corrected chi connectivity index (χ0v) is 14.8. The van der Waals surface area contributed by atoms with Gasteiger partial charge in [0.25, 0.3) is 5.91 Å². The molecular weight excluding hydrogens is 338 g/mol. The van der Waals surface area contributed by atoms with Crippen LogP contribution in [0.15, 0.2) is 22.6 Å². The van der Waals surface area contributed by atoms with Gasteiger partial charge in [0.15, 0.2) is 11.3 Å². The van der Waals surface area contributed by atoms with Crippen LogP contribution >= 0.6 is 0 Å². The van der Waals surface area contributed by atoms with Crippen molar-refractivity contribution in [2.45, 2.75) is 19.8 Å². The molecule has 1 aliphatic heterocycles. The highest BCUT2D eigenvalue weighted by molar-refractivity contribution is 5.97. The van der Waals surface area contributed by atoms with Crippen molar-refractivity contribution in [2.24, 2.45) is 5.92 Å². The van der Waals surface area contributed by atoms with Gasteiger partial charge in [0.2, 0.25) is 5.91 Å². The minimum absolute atomic E-state index is 0.0833. The van der Waals surface area contributed by atoms with Gasteiger partial charge in [-0.25, -0.2) is 4.98 Å². The lowest BCUT2D eigenvalue weighted by atomic mass is 9.97. The van der Waals surface area contributed by atoms with Crippen LogP contribution in [0.25, 0.3) is 11.1 Å². The monoisotopic (exact) mass is 359 g/mol. The Balaban J connectivity index is 1.61. The molecule has 1 fully saturated rings. The Morgan fingerprint density at radius 3 is 2.65 bits per heavy atom. The zero-order valence-electron chi connectivity index (χ0n) is 14.8. The van der Waals surface area contributed by atoms with Gasteiger partial charge in [-0.3, -0.25) is 14.4 Å². The van der Waals surface area contributed by atoms with E-state index in [-0.39, 0.29) is 18.2 Å². The van der Waals surface area contributed by atoms with Crippen LogP contribution in [-0.4, -0.2) is 64.4 Å². The van der Waals surface area contributed by atoms with Crippen LogP contribution < -0.4 is 0 Å². The van der Waals surface area contributed by atoms with Gasteiger partial charge < -0.3 is 19.3 Å². The molecule has 2 amide bonds. The van der Waals surface area contributed by atoms with Crippen LogP contribution in [0.3, 0.4) is 0 Å². The smallest absolute Gasteiger partial charge is 0.306 e. The number of aliphatic carboxylic acids is 1. The molecule has 3 heterocycles. The number of piperidine rings is 1. The summed E-state index contributed by atoms with van der Waals surface area (Å²) in [7, 11) is 1.54. The van der Waals surface area contributed by atoms with Gasteiger partial charge in [-0.1, -0.05) is 0 Å². The molecule has 2 aromatic rings. The van der Waals surface area contributed by atoms with Gasteiger partial charge in [-0.15, -0.1) is 0 Å². The molecule has 0 aromatic carbocycles. The molecule has 0 radical (unpaired) electrons. The number of pyridine rings is 1. The molecule has 1 saturated heterocycles. The lowest BCUT2D eigenvalue weighted by Gasteiger charge is -2.31. The normalized spacial score (nSPS) is 15.2. The summed E-state index contributed by atoms with van der Waals surface area (Å²) in [5.41, 5.74) is 1.95. The molecule has 8 heteroatoms. The Morgan fingerprint density at radius 1 is 1.31 bits per heavy atom. The van der Waals surface area contributed by atoms with E-state index in [1.165, 1.54) is 11.9 Å². The second kappa shape index (κ2) is 7.15. The lowest BCUT2D eigenvalue weighted by molar-refractivity contribution is -0.145. The predicted molar refractivity (Wildman–Crippen MR) is 92.6 cm³/mol. The highest BCUT2D eigenvalue weighted by atomic mass is 16.4. The number of furan rings is 1. The van der Waals surface area contributed by atoms with Crippen molar-refractivity contribution in [3.63, 3.8) is 0 Å². The van der Waals surface area contributed by atoms with Crippen molar-refractivity contribution in [2.75, 3.05) is 26.7 Å². The van der Waals surface area contributed by atoms with E-state index >= 15 is 0 Å². The van der Waals surface area contributed by atoms with E-state index in [0.717, 1.165) is 5.69 Å². The second-order valence-corrected chi connectivity index (χ2v) is 6.60. The Hall–Kier alpha value is -2.90. The van der Waals surface area contributed by atoms with E-state index in [4.69, 9.17) is 9.52 Å². The van der Waals surface area contributed by atoms with E-state index in [2.05, 4.69) is 4.98 Å². The fraction of sp³-hybridized carbons (Fsp3) is 0.444. The number of hydrogen-bond donors (Lipinski definition) is 1. The highest BCUT2D eigenvalue weighted by Crippen LogP contribution is 2.20. The van der Waals surface area contributed by atoms with Crippen LogP contribution in [0.2, 0.25) is 0 Å². The topological polar surface area (TPSA) is 104 Å². The number of fused-ring (bicyclic) bond motifs is 1. The van der Waals surface area contributed by atoms with E-state index in [1.54, 1.807) is 23.1 Å². The molecule has 0 bridgehead atoms. The number of hydrogen-bond acceptors (Lipinski definition) is 5. The van der Waals surface area contributed by atoms with Crippen LogP contribution in [0.5, 0.6) is 0 Å². The molecule has 0 spiro atoms. The maximum absolute atomic E-state index is 12.5. The zero-order chi connectivity index (χ0) is 18.8. The summed E-state index contributed by atoms with van der Waals surface area (Å²) in [4.78, 5) is 43.1. The summed E-state index contributed by atoms with van der Waals surface area (Å²) in [5, 5.41) is 9.01. The summed E-state index contributed by atoms with van der Waals surface area (Å²) in [6.07, 6.45) is 0.876. The molecule has 8 nitrogen and oxygen atoms in total. The fourth-order valence-electron chi connectivity index (χ4n) is 3.07. The fourth-order valence-corrected chi connectivity index (χ4v) is 3.07. The summed E-state index contributed by atoms with van der Waals surface area (Å²) in [6, 6.07) is 5.13. The van der Waals surface area contributed by atoms with E-state index < -0.39 is 17.8 Å². The minimum atomic E-state index is -0.821. The lowest BCUT2D eigenvalue weighted by Crippen LogP contribution is -2.45. The number of rotatable bonds is 4. The first-order valence-corrected chi connectivity index (χ1v) is 8.48. The predicted octanol–water partition coefficient (Wildman–Crippen LogP) is 1.53. The number of likely N-dealkylation sites (N-methyl/N-ethyl adjacent to an activating group) is 1. The Bertz CT molecular complexity index is 852. The molecule has 3 rings (SSSR count). The van der Waals surface area contributed by atoms with Crippen LogP contribution in [0.1, 0.15) is 29.1 Å². The van der Waals surface area contributed by atoms with E-state index in [9.17, 15) is 14.4 Å². The molecular formula is C18H21N3O5. The molecule has 1 aliphatic rings. The first kappa shape index (κ1) is 17.9. The number of carboxylic acid groups (broad SMARTS) is 1. The van der Waals surface area contributed by atoms with Gasteiger partial charge in [0.05, 0.1) is 12.5 Å². The van der Waals surface area contributed by atoms with Crippen molar-refractivity contribution in [3.8, 4) is 0 Å². The second-order valence-electron chi connectivity index (χ2n) is 6.60. The van der Waals surface area contributed by atoms with Crippen molar-refractivity contribution in [1.82, 2.24) is 14.8 Å². The van der Waals surface area contributed by atoms with Crippen molar-refractivity contribution < 1.29 is 23.9 Å². The third kappa shape index (κ3) is 3.68. The van der Waals surface area contributed by atoms with Crippen LogP contribution in [-0.2, 0) is 9.59 Å². The Kier molecular flexibility index (Phi) is 4.92. The maximum atomic E-state index is 12.5. The first-order chi connectivity index (χ1) is 12.3. The molecule has 0 atom stereocenters. The first-order valence-electron chi connectivity index (χ1n) is 8.48. The number of carbonyl (C=O) groups excluding carboxylic acids is 2. The summed E-state index contributed by atoms with van der Waals surface area (Å²) >= 11 is 0. The average molecular weight is 359 g/mol. The van der Waals surface area contributed by atoms with Gasteiger partial charge in [0.1, 0.15) is 5.52 Å². The standard InChI is InChI=1S/C18H21N3O5/c1-11-3-4-14-13(19-11)9-15(26-14)17(23)20(2)10-16(22)21-7-5-12(6-8-21)18(24)25/h3-4,9,12H,5-8,10H2,1-2H3,(H,24,25). The largest absolute Gasteiger partial charge is 0.481 e. The maximum Gasteiger partial charge on any atom is 0.306 e. The number of aryl methyl sites for hydroxylation is 1. The molecule has 1 N–H and O–H groups in total. The van der Waals surface area contributed by atoms with Gasteiger partial charge in [-0.05, 0) is 31.9 Å². The quantitative estimate of drug-likeness (QED) is 0.888. The van der Waals surface area contributed by atoms with Crippen molar-refractivity contribution in [1.29, 1.82) is 0 Å². The Morgan fingerprint density at radius 2 is 2.00 bits per heavy atom. The summed E-state index contributed by atoms with van der Waals surface area (Å²) < 4.78 is 5.53. The van der Waals surface area contributed by atoms with Crippen molar-refractivity contribution >= 4 is 28.9 Å². The third-order valence-corrected chi connectivity index (χ3v) is 4.64. The third-order valence-electron chi connectivity index (χ3n) is 4.64. The Labute approximate surface area is 150 Å². The van der Waals surface area contributed by atoms with E-state index in [0.29, 0.717) is 37.0 Å². The summed E-state index contributed by atoms with van der Waals surface area (Å²) in [6.45, 7) is 2.56. The van der Waals surface area contributed by atoms with Crippen LogP contribution in [0.4, 0.5) is 0 Å². The number of carboxylic acids is 1. The van der Waals surface area contributed by atoms with E-state index in [1.807, 2.05) is 6.92 Å². The number of aromatic nitrogens is 1. The highest BCUT2D eigenvalue weighted by Gasteiger charge is 2.28. The number of likely N-dealkylation sites (tertiary alicyclic amines) is 1. The average Bonchev–Trinajstić information content (AvgIpc) is 3.04. The van der Waals surface area contributed by atoms with Crippen molar-refractivity contribution in [3.05, 3.63) is 29.7 Å². The van der Waals surface area contributed by atoms with Gasteiger partial charge >= 0.3 is 5.97 Å². The molecule has 138 valence electrons. The number of nitrogens with zero attached hydrogens (tertiary/aromatic N) is 3. The number of carbonyl (C=O) groups is 3. The number of amides is 2. The molecule has 0 saturated carbocycles. The molecule has 26 heavy (non-hydrogen) atoms. The molecule has 0 unspecified atom stereocenters. The molecule has 2 aromatic heterocycles. The van der Waals surface area contributed by atoms with Gasteiger partial charge in [-0.2, -0.15) is 0 Å². The van der Waals surface area contributed by atoms with Crippen LogP contribution in [0, 0.1) is 12.8 Å². The molecule has 0 aliphatic carbocycles. The minimum Gasteiger partial charge on any atom is -0.481 e. The SMILES string of the molecule is Cc1ccc2oc(C(=O)N(C)CC(=O)N3CCC(C(=O)O)CC3)cc2n1. The van der Waals surface area contributed by atoms with Gasteiger partial charge in [0, 0.05) is 31.9 Å². The summed E-state index contributed by atoms with van der Waals surface area (Å²) in [5.74, 6) is -1.68.